The molecule has 0 saturated carbocycles. The minimum absolute atomic E-state index is 0.175. The van der Waals surface area contributed by atoms with Crippen molar-refractivity contribution in [1.29, 1.82) is 0 Å². The van der Waals surface area contributed by atoms with Crippen molar-refractivity contribution in [2.75, 3.05) is 0 Å². The summed E-state index contributed by atoms with van der Waals surface area (Å²) in [5, 5.41) is 23.2. The molecule has 0 spiro atoms. The van der Waals surface area contributed by atoms with Crippen molar-refractivity contribution in [3.8, 4) is 0 Å². The summed E-state index contributed by atoms with van der Waals surface area (Å²) >= 11 is 0. The number of quaternary nitrogens is 1. The van der Waals surface area contributed by atoms with Gasteiger partial charge in [0.15, 0.2) is 0 Å². The number of nitrogens with zero attached hydrogens (tertiary/aromatic N) is 2. The molecule has 3 amide bonds. The summed E-state index contributed by atoms with van der Waals surface area (Å²) in [4.78, 5) is 61.1. The second kappa shape index (κ2) is 8.55. The number of imide groups is 1. The zero-order chi connectivity index (χ0) is 22.7. The Hall–Kier alpha value is -3.38. The van der Waals surface area contributed by atoms with Crippen LogP contribution in [0.4, 0.5) is 10.5 Å². The highest BCUT2D eigenvalue weighted by Gasteiger charge is 2.56. The van der Waals surface area contributed by atoms with Gasteiger partial charge in [-0.2, -0.15) is 5.21 Å². The lowest BCUT2D eigenvalue weighted by atomic mass is 10.1. The first-order chi connectivity index (χ1) is 13.8. The van der Waals surface area contributed by atoms with Crippen LogP contribution in [0.1, 0.15) is 39.2 Å². The van der Waals surface area contributed by atoms with E-state index in [0.717, 1.165) is 0 Å². The summed E-state index contributed by atoms with van der Waals surface area (Å²) in [7, 11) is 0. The van der Waals surface area contributed by atoms with Gasteiger partial charge in [0.2, 0.25) is 0 Å². The van der Waals surface area contributed by atoms with Crippen molar-refractivity contribution in [3.63, 3.8) is 0 Å². The average molecular weight is 424 g/mol. The summed E-state index contributed by atoms with van der Waals surface area (Å²) in [5.41, 5.74) is -0.648. The molecule has 0 bridgehead atoms. The number of hydrogen-bond donors (Lipinski definition) is 2. The molecule has 2 N–H and O–H groups in total. The Kier molecular flexibility index (Phi) is 6.53. The van der Waals surface area contributed by atoms with Gasteiger partial charge in [-0.05, 0) is 26.3 Å². The molecule has 1 aliphatic heterocycles. The standard InChI is InChI=1S/C18H21N3O9/c1-18(2,3)29-17(25)19-13(10-11-4-6-12(7-5-11)20(26)27)16(24)30-21(28)14(22)8-9-15(21)23/h4-7,13,28H,8-10H2,1-3H3/p+1/t13-/m0/s1. The largest absolute Gasteiger partial charge is 0.444 e. The molecular weight excluding hydrogens is 402 g/mol. The summed E-state index contributed by atoms with van der Waals surface area (Å²) in [6, 6.07) is 3.69. The molecule has 1 aromatic carbocycles. The summed E-state index contributed by atoms with van der Waals surface area (Å²) in [6.07, 6.45) is -1.78. The number of carbonyl (C=O) groups excluding carboxylic acids is 4. The Morgan fingerprint density at radius 3 is 2.20 bits per heavy atom. The second-order valence-electron chi connectivity index (χ2n) is 7.60. The van der Waals surface area contributed by atoms with Crippen LogP contribution in [0.5, 0.6) is 0 Å². The Morgan fingerprint density at radius 2 is 1.73 bits per heavy atom. The van der Waals surface area contributed by atoms with Gasteiger partial charge in [-0.1, -0.05) is 12.1 Å². The fourth-order valence-electron chi connectivity index (χ4n) is 2.58. The van der Waals surface area contributed by atoms with Crippen LogP contribution in [0.25, 0.3) is 0 Å². The Balaban J connectivity index is 2.22. The predicted octanol–water partition coefficient (Wildman–Crippen LogP) is 1.54. The van der Waals surface area contributed by atoms with Crippen LogP contribution in [0.2, 0.25) is 0 Å². The monoisotopic (exact) mass is 424 g/mol. The Bertz CT molecular complexity index is 858. The number of carbonyl (C=O) groups is 4. The average Bonchev–Trinajstić information content (AvgIpc) is 2.87. The molecule has 12 nitrogen and oxygen atoms in total. The molecule has 0 radical (unpaired) electrons. The van der Waals surface area contributed by atoms with Gasteiger partial charge in [-0.3, -0.25) is 10.1 Å². The first kappa shape index (κ1) is 22.9. The molecule has 12 heteroatoms. The van der Waals surface area contributed by atoms with E-state index in [1.54, 1.807) is 20.8 Å². The van der Waals surface area contributed by atoms with Gasteiger partial charge in [0.05, 0.1) is 17.8 Å². The lowest BCUT2D eigenvalue weighted by molar-refractivity contribution is -1.12. The van der Waals surface area contributed by atoms with E-state index >= 15 is 0 Å². The topological polar surface area (TPSA) is 162 Å². The molecule has 1 heterocycles. The number of alkyl carbamates (subject to hydrolysis) is 1. The SMILES string of the molecule is CC(C)(C)OC(=O)N[C@@H](Cc1ccc([N+](=O)[O-])cc1)C(=O)O[N+]1(O)C(=O)CCC1=O. The van der Waals surface area contributed by atoms with Gasteiger partial charge in [-0.25, -0.2) is 24.0 Å². The molecule has 162 valence electrons. The maximum Gasteiger partial charge on any atom is 0.408 e. The molecule has 0 aliphatic carbocycles. The molecular formula is C18H22N3O9+. The smallest absolute Gasteiger partial charge is 0.408 e. The van der Waals surface area contributed by atoms with Gasteiger partial charge in [0.1, 0.15) is 16.5 Å². The van der Waals surface area contributed by atoms with Crippen LogP contribution < -0.4 is 5.32 Å². The number of non-ortho nitro benzene ring substituents is 1. The number of nitro groups is 1. The van der Waals surface area contributed by atoms with Crippen LogP contribution in [0.3, 0.4) is 0 Å². The van der Waals surface area contributed by atoms with E-state index in [0.29, 0.717) is 5.56 Å². The van der Waals surface area contributed by atoms with E-state index in [1.165, 1.54) is 24.3 Å². The molecule has 1 aliphatic rings. The lowest BCUT2D eigenvalue weighted by Gasteiger charge is -2.24. The van der Waals surface area contributed by atoms with Crippen molar-refractivity contribution in [2.45, 2.75) is 51.7 Å². The zero-order valence-electron chi connectivity index (χ0n) is 16.6. The number of benzene rings is 1. The van der Waals surface area contributed by atoms with Crippen molar-refractivity contribution < 1.29 is 43.7 Å². The summed E-state index contributed by atoms with van der Waals surface area (Å²) in [5.74, 6) is -3.29. The molecule has 1 saturated heterocycles. The number of nitrogens with one attached hydrogen (secondary N) is 1. The van der Waals surface area contributed by atoms with E-state index < -0.39 is 45.3 Å². The number of nitro benzene ring substituents is 1. The number of hydrogen-bond acceptors (Lipinski definition) is 9. The van der Waals surface area contributed by atoms with Crippen molar-refractivity contribution in [1.82, 2.24) is 5.32 Å². The highest BCUT2D eigenvalue weighted by atomic mass is 17.0. The van der Waals surface area contributed by atoms with Gasteiger partial charge in [-0.15, -0.1) is 0 Å². The third kappa shape index (κ3) is 5.58. The number of hydroxylamine groups is 4. The van der Waals surface area contributed by atoms with Crippen LogP contribution >= 0.6 is 0 Å². The molecule has 1 aromatic rings. The maximum atomic E-state index is 12.6. The van der Waals surface area contributed by atoms with Gasteiger partial charge in [0, 0.05) is 18.6 Å². The Morgan fingerprint density at radius 1 is 1.20 bits per heavy atom. The van der Waals surface area contributed by atoms with Crippen molar-refractivity contribution in [2.24, 2.45) is 0 Å². The number of rotatable bonds is 6. The minimum Gasteiger partial charge on any atom is -0.444 e. The van der Waals surface area contributed by atoms with E-state index in [4.69, 9.17) is 9.57 Å². The highest BCUT2D eigenvalue weighted by Crippen LogP contribution is 2.22. The normalized spacial score (nSPS) is 16.7. The predicted molar refractivity (Wildman–Crippen MR) is 97.3 cm³/mol. The van der Waals surface area contributed by atoms with E-state index in [1.807, 2.05) is 0 Å². The van der Waals surface area contributed by atoms with E-state index in [9.17, 15) is 34.5 Å². The maximum absolute atomic E-state index is 12.6. The van der Waals surface area contributed by atoms with Crippen LogP contribution in [-0.4, -0.2) is 50.5 Å². The van der Waals surface area contributed by atoms with Crippen LogP contribution in [-0.2, 0) is 30.4 Å². The van der Waals surface area contributed by atoms with Crippen LogP contribution in [0, 0.1) is 10.1 Å². The molecule has 0 aromatic heterocycles. The zero-order valence-corrected chi connectivity index (χ0v) is 16.6. The quantitative estimate of drug-likeness (QED) is 0.227. The summed E-state index contributed by atoms with van der Waals surface area (Å²) in [6.45, 7) is 4.81. The molecule has 30 heavy (non-hydrogen) atoms. The number of ether oxygens (including phenoxy) is 1. The number of amides is 3. The minimum atomic E-state index is -2.13. The van der Waals surface area contributed by atoms with Crippen molar-refractivity contribution >= 4 is 29.6 Å². The van der Waals surface area contributed by atoms with E-state index in [-0.39, 0.29) is 24.9 Å². The molecule has 0 unspecified atom stereocenters. The first-order valence-corrected chi connectivity index (χ1v) is 8.97. The fraction of sp³-hybridized carbons (Fsp3) is 0.444. The second-order valence-corrected chi connectivity index (χ2v) is 7.60. The van der Waals surface area contributed by atoms with E-state index in [2.05, 4.69) is 5.32 Å². The fourth-order valence-corrected chi connectivity index (χ4v) is 2.58. The van der Waals surface area contributed by atoms with Crippen molar-refractivity contribution in [3.05, 3.63) is 39.9 Å². The van der Waals surface area contributed by atoms with Gasteiger partial charge >= 0.3 is 23.9 Å². The summed E-state index contributed by atoms with van der Waals surface area (Å²) < 4.78 is 5.10. The molecule has 1 atom stereocenters. The van der Waals surface area contributed by atoms with Gasteiger partial charge in [0.25, 0.3) is 5.69 Å². The van der Waals surface area contributed by atoms with Crippen LogP contribution in [0.15, 0.2) is 24.3 Å². The first-order valence-electron chi connectivity index (χ1n) is 8.97. The Labute approximate surface area is 171 Å². The molecule has 2 rings (SSSR count). The van der Waals surface area contributed by atoms with Gasteiger partial charge < -0.3 is 10.1 Å². The molecule has 1 fully saturated rings. The highest BCUT2D eigenvalue weighted by molar-refractivity contribution is 5.91. The lowest BCUT2D eigenvalue weighted by Crippen LogP contribution is -2.55. The third-order valence-corrected chi connectivity index (χ3v) is 4.01. The third-order valence-electron chi connectivity index (χ3n) is 4.01.